The Morgan fingerprint density at radius 1 is 0.207 bits per heavy atom. The van der Waals surface area contributed by atoms with E-state index in [-0.39, 0.29) is 13.4 Å². The van der Waals surface area contributed by atoms with Crippen LogP contribution >= 0.6 is 0 Å². The zero-order chi connectivity index (χ0) is 54.2. The SMILES string of the molecule is Cc1ccc2c(c1)-c1cc(C)cc3c1B2c1cc2c(-c4c(-c5ccccc5)cccc4-c4ccccc4)cc4c5c(cc6c(-c7c(-c8ccccc8)cccc7-c7ccccc7)cc-3c1c6c25)B1c2ccc(C)cc2-c2cc(C)cc-4c21. The molecule has 378 valence electrons. The first-order chi connectivity index (χ1) is 40.3. The van der Waals surface area contributed by atoms with Crippen LogP contribution in [0.15, 0.2) is 243 Å². The summed E-state index contributed by atoms with van der Waals surface area (Å²) in [5.74, 6) is 0. The molecule has 0 radical (unpaired) electrons. The summed E-state index contributed by atoms with van der Waals surface area (Å²) in [5.41, 5.74) is 39.4. The van der Waals surface area contributed by atoms with E-state index < -0.39 is 0 Å². The molecule has 0 unspecified atom stereocenters. The molecule has 4 aliphatic rings. The Hall–Kier alpha value is -9.75. The van der Waals surface area contributed by atoms with Crippen molar-refractivity contribution in [3.05, 3.63) is 265 Å². The smallest absolute Gasteiger partial charge is 0.0661 e. The summed E-state index contributed by atoms with van der Waals surface area (Å²) < 4.78 is 0. The lowest BCUT2D eigenvalue weighted by atomic mass is 9.34. The molecule has 4 heterocycles. The summed E-state index contributed by atoms with van der Waals surface area (Å²) in [4.78, 5) is 0. The molecule has 0 saturated carbocycles. The Balaban J connectivity index is 1.11. The van der Waals surface area contributed by atoms with E-state index in [0.29, 0.717) is 0 Å². The maximum absolute atomic E-state index is 2.71. The number of benzene rings is 14. The molecule has 0 spiro atoms. The van der Waals surface area contributed by atoms with E-state index in [1.165, 1.54) is 199 Å². The summed E-state index contributed by atoms with van der Waals surface area (Å²) in [6.45, 7) is 9.24. The van der Waals surface area contributed by atoms with E-state index in [1.807, 2.05) is 0 Å². The van der Waals surface area contributed by atoms with E-state index in [1.54, 1.807) is 0 Å². The van der Waals surface area contributed by atoms with Gasteiger partial charge in [0.25, 0.3) is 0 Å². The topological polar surface area (TPSA) is 0 Å². The van der Waals surface area contributed by atoms with Crippen molar-refractivity contribution in [1.82, 2.24) is 0 Å². The molecule has 0 aliphatic carbocycles. The highest BCUT2D eigenvalue weighted by molar-refractivity contribution is 7.03. The normalized spacial score (nSPS) is 12.8. The molecule has 14 aromatic carbocycles. The number of rotatable bonds is 6. The van der Waals surface area contributed by atoms with Crippen molar-refractivity contribution in [3.8, 4) is 111 Å². The molecule has 0 nitrogen and oxygen atoms in total. The predicted molar refractivity (Wildman–Crippen MR) is 353 cm³/mol. The summed E-state index contributed by atoms with van der Waals surface area (Å²) in [6, 6.07) is 93.9. The van der Waals surface area contributed by atoms with Gasteiger partial charge in [0.05, 0.1) is 0 Å². The fourth-order valence-electron chi connectivity index (χ4n) is 16.1. The van der Waals surface area contributed by atoms with E-state index in [9.17, 15) is 0 Å². The Kier molecular flexibility index (Phi) is 9.49. The van der Waals surface area contributed by atoms with Crippen LogP contribution in [0, 0.1) is 27.7 Å². The standard InChI is InChI=1S/C80H52B2/c1-45-31-33-69-57(35-45)65-37-47(3)39-67-61-41-59(73-53(49-19-9-5-10-20-49)27-17-28-54(73)50-21-11-6-12-22-50)64-44-72-76-62(68-40-48(4)38-66-58-36-46(2)32-34-70(58)82(72)80(66)68)42-60(63-43-71(81(69)79(65)67)75(61)77(64)78(63)76)74-55(51-23-13-7-14-24-51)29-18-30-56(74)52-25-15-8-16-26-52/h5-44H,1-4H3. The highest BCUT2D eigenvalue weighted by Crippen LogP contribution is 2.55. The van der Waals surface area contributed by atoms with Crippen LogP contribution in [0.2, 0.25) is 0 Å². The largest absolute Gasteiger partial charge is 0.244 e. The molecule has 0 atom stereocenters. The van der Waals surface area contributed by atoms with Crippen LogP contribution in [-0.2, 0) is 0 Å². The summed E-state index contributed by atoms with van der Waals surface area (Å²) in [5, 5.41) is 8.14. The molecule has 0 aromatic heterocycles. The predicted octanol–water partition coefficient (Wildman–Crippen LogP) is 16.8. The van der Waals surface area contributed by atoms with E-state index in [4.69, 9.17) is 0 Å². The quantitative estimate of drug-likeness (QED) is 0.115. The Morgan fingerprint density at radius 2 is 0.524 bits per heavy atom. The second kappa shape index (κ2) is 16.9. The van der Waals surface area contributed by atoms with Crippen molar-refractivity contribution in [2.45, 2.75) is 27.7 Å². The number of hydrogen-bond donors (Lipinski definition) is 0. The first-order valence-electron chi connectivity index (χ1n) is 29.2. The third-order valence-corrected chi connectivity index (χ3v) is 19.2. The number of fused-ring (bicyclic) bond motifs is 10. The van der Waals surface area contributed by atoms with Gasteiger partial charge in [0, 0.05) is 0 Å². The van der Waals surface area contributed by atoms with Crippen LogP contribution in [0.4, 0.5) is 0 Å². The van der Waals surface area contributed by atoms with Crippen molar-refractivity contribution in [2.75, 3.05) is 0 Å². The first-order valence-corrected chi connectivity index (χ1v) is 29.2. The van der Waals surface area contributed by atoms with Gasteiger partial charge in [-0.1, -0.05) is 274 Å². The second-order valence-corrected chi connectivity index (χ2v) is 24.0. The molecule has 0 saturated heterocycles. The van der Waals surface area contributed by atoms with Gasteiger partial charge in [-0.3, -0.25) is 0 Å². The Morgan fingerprint density at radius 3 is 0.866 bits per heavy atom. The van der Waals surface area contributed by atoms with Crippen molar-refractivity contribution < 1.29 is 0 Å². The number of aryl methyl sites for hydroxylation is 4. The van der Waals surface area contributed by atoms with E-state index in [2.05, 4.69) is 270 Å². The lowest BCUT2D eigenvalue weighted by molar-refractivity contribution is 1.47. The maximum Gasteiger partial charge on any atom is 0.244 e. The minimum absolute atomic E-state index is 0.0522. The van der Waals surface area contributed by atoms with Gasteiger partial charge in [0.15, 0.2) is 0 Å². The van der Waals surface area contributed by atoms with Gasteiger partial charge in [-0.2, -0.15) is 0 Å². The third-order valence-electron chi connectivity index (χ3n) is 19.2. The minimum Gasteiger partial charge on any atom is -0.0661 e. The van der Waals surface area contributed by atoms with Crippen molar-refractivity contribution in [2.24, 2.45) is 0 Å². The molecular weight excluding hydrogens is 983 g/mol. The van der Waals surface area contributed by atoms with Gasteiger partial charge in [-0.15, -0.1) is 0 Å². The van der Waals surface area contributed by atoms with Gasteiger partial charge in [0.2, 0.25) is 13.4 Å². The van der Waals surface area contributed by atoms with Crippen molar-refractivity contribution in [3.63, 3.8) is 0 Å². The van der Waals surface area contributed by atoms with E-state index in [0.717, 1.165) is 0 Å². The fourth-order valence-corrected chi connectivity index (χ4v) is 16.1. The fraction of sp³-hybridized carbons (Fsp3) is 0.0500. The summed E-state index contributed by atoms with van der Waals surface area (Å²) in [6.07, 6.45) is 0. The van der Waals surface area contributed by atoms with Gasteiger partial charge in [-0.25, -0.2) is 0 Å². The zero-order valence-corrected chi connectivity index (χ0v) is 46.2. The average Bonchev–Trinajstić information content (AvgIpc) is 1.49. The molecule has 18 rings (SSSR count). The van der Waals surface area contributed by atoms with Gasteiger partial charge in [0.1, 0.15) is 0 Å². The van der Waals surface area contributed by atoms with E-state index >= 15 is 0 Å². The zero-order valence-electron chi connectivity index (χ0n) is 46.2. The highest BCUT2D eigenvalue weighted by atomic mass is 14.4. The van der Waals surface area contributed by atoms with Crippen LogP contribution in [-0.4, -0.2) is 13.4 Å². The molecule has 0 N–H and O–H groups in total. The first kappa shape index (κ1) is 46.0. The molecule has 4 aliphatic heterocycles. The van der Waals surface area contributed by atoms with Gasteiger partial charge in [-0.05, 0) is 195 Å². The molecular formula is C80H52B2. The van der Waals surface area contributed by atoms with Crippen molar-refractivity contribution in [1.29, 1.82) is 0 Å². The monoisotopic (exact) mass is 1030 g/mol. The lowest BCUT2D eigenvalue weighted by Crippen LogP contribution is -2.53. The average molecular weight is 1030 g/mol. The number of hydrogen-bond acceptors (Lipinski definition) is 0. The maximum atomic E-state index is 2.71. The molecule has 0 amide bonds. The molecule has 0 bridgehead atoms. The molecule has 82 heavy (non-hydrogen) atoms. The Labute approximate surface area is 479 Å². The van der Waals surface area contributed by atoms with Gasteiger partial charge >= 0.3 is 0 Å². The van der Waals surface area contributed by atoms with Crippen LogP contribution in [0.1, 0.15) is 22.3 Å². The molecule has 0 fully saturated rings. The van der Waals surface area contributed by atoms with Crippen LogP contribution < -0.4 is 32.8 Å². The second-order valence-electron chi connectivity index (χ2n) is 24.0. The van der Waals surface area contributed by atoms with Gasteiger partial charge < -0.3 is 0 Å². The minimum atomic E-state index is 0.0522. The van der Waals surface area contributed by atoms with Crippen LogP contribution in [0.5, 0.6) is 0 Å². The molecule has 14 aromatic rings. The summed E-state index contributed by atoms with van der Waals surface area (Å²) >= 11 is 0. The summed E-state index contributed by atoms with van der Waals surface area (Å²) in [7, 11) is 0. The lowest BCUT2D eigenvalue weighted by Gasteiger charge is -2.33. The third kappa shape index (κ3) is 6.25. The van der Waals surface area contributed by atoms with Crippen LogP contribution in [0.25, 0.3) is 144 Å². The van der Waals surface area contributed by atoms with Crippen LogP contribution in [0.3, 0.4) is 0 Å². The highest BCUT2D eigenvalue weighted by Gasteiger charge is 2.45. The van der Waals surface area contributed by atoms with Crippen molar-refractivity contribution >= 4 is 78.5 Å². The molecule has 2 heteroatoms. The Bertz CT molecular complexity index is 4670.